The van der Waals surface area contributed by atoms with Gasteiger partial charge in [0.1, 0.15) is 0 Å². The Labute approximate surface area is 81.1 Å². The first-order valence-corrected chi connectivity index (χ1v) is 4.10. The predicted octanol–water partition coefficient (Wildman–Crippen LogP) is -0.326. The number of hydrogen-bond donors (Lipinski definition) is 2. The lowest BCUT2D eigenvalue weighted by Gasteiger charge is -2.00. The van der Waals surface area contributed by atoms with Crippen LogP contribution in [0.5, 0.6) is 0 Å². The first-order valence-electron chi connectivity index (χ1n) is 3.73. The molecule has 0 aliphatic carbocycles. The number of rotatable bonds is 3. The monoisotopic (exact) mass is 198 g/mol. The molecule has 0 aliphatic rings. The number of benzene rings is 1. The first-order chi connectivity index (χ1) is 6.09. The minimum atomic E-state index is -1.47. The van der Waals surface area contributed by atoms with E-state index in [0.29, 0.717) is 5.46 Å². The number of halogens is 1. The Bertz CT molecular complexity index is 297. The van der Waals surface area contributed by atoms with Crippen LogP contribution in [0.25, 0.3) is 0 Å². The van der Waals surface area contributed by atoms with Gasteiger partial charge >= 0.3 is 7.12 Å². The third-order valence-electron chi connectivity index (χ3n) is 1.62. The molecule has 0 bridgehead atoms. The van der Waals surface area contributed by atoms with Crippen LogP contribution in [-0.4, -0.2) is 22.4 Å². The maximum atomic E-state index is 10.5. The Kier molecular flexibility index (Phi) is 3.48. The molecule has 0 saturated heterocycles. The van der Waals surface area contributed by atoms with Crippen molar-refractivity contribution < 1.29 is 14.8 Å². The van der Waals surface area contributed by atoms with E-state index in [1.807, 2.05) is 0 Å². The van der Waals surface area contributed by atoms with Gasteiger partial charge in [0.25, 0.3) is 0 Å². The molecule has 0 amide bonds. The van der Waals surface area contributed by atoms with E-state index >= 15 is 0 Å². The van der Waals surface area contributed by atoms with Crippen molar-refractivity contribution in [2.45, 2.75) is 6.42 Å². The third kappa shape index (κ3) is 3.18. The van der Waals surface area contributed by atoms with E-state index in [2.05, 4.69) is 0 Å². The van der Waals surface area contributed by atoms with Crippen LogP contribution in [0.2, 0.25) is 0 Å². The van der Waals surface area contributed by atoms with Gasteiger partial charge in [-0.15, -0.1) is 0 Å². The molecule has 0 aliphatic heterocycles. The van der Waals surface area contributed by atoms with E-state index in [-0.39, 0.29) is 6.42 Å². The lowest BCUT2D eigenvalue weighted by Crippen LogP contribution is -2.29. The zero-order valence-corrected chi connectivity index (χ0v) is 7.53. The molecule has 1 aromatic carbocycles. The molecule has 68 valence electrons. The summed E-state index contributed by atoms with van der Waals surface area (Å²) >= 11 is 5.18. The molecule has 13 heavy (non-hydrogen) atoms. The Hall–Kier alpha value is -0.835. The molecular weight excluding hydrogens is 190 g/mol. The summed E-state index contributed by atoms with van der Waals surface area (Å²) in [7, 11) is -1.47. The van der Waals surface area contributed by atoms with Crippen LogP contribution in [0.4, 0.5) is 0 Å². The van der Waals surface area contributed by atoms with Crippen molar-refractivity contribution in [1.82, 2.24) is 0 Å². The van der Waals surface area contributed by atoms with Gasteiger partial charge in [0.2, 0.25) is 5.24 Å². The lowest BCUT2D eigenvalue weighted by molar-refractivity contribution is -0.111. The summed E-state index contributed by atoms with van der Waals surface area (Å²) in [6.07, 6.45) is 0.156. The zero-order chi connectivity index (χ0) is 9.84. The van der Waals surface area contributed by atoms with Gasteiger partial charge < -0.3 is 10.0 Å². The van der Waals surface area contributed by atoms with Crippen LogP contribution in [0.1, 0.15) is 5.56 Å². The van der Waals surface area contributed by atoms with Crippen molar-refractivity contribution >= 4 is 29.4 Å². The highest BCUT2D eigenvalue weighted by Crippen LogP contribution is 2.00. The molecule has 2 N–H and O–H groups in total. The fraction of sp³-hybridized carbons (Fsp3) is 0.125. The van der Waals surface area contributed by atoms with Gasteiger partial charge in [0.05, 0.1) is 0 Å². The van der Waals surface area contributed by atoms with E-state index in [1.165, 1.54) is 0 Å². The maximum absolute atomic E-state index is 10.5. The van der Waals surface area contributed by atoms with Gasteiger partial charge in [0, 0.05) is 6.42 Å². The molecule has 0 heterocycles. The van der Waals surface area contributed by atoms with Gasteiger partial charge in [-0.1, -0.05) is 24.3 Å². The molecule has 0 fully saturated rings. The number of carbonyl (C=O) groups excluding carboxylic acids is 1. The molecule has 0 radical (unpaired) electrons. The summed E-state index contributed by atoms with van der Waals surface area (Å²) in [6.45, 7) is 0. The van der Waals surface area contributed by atoms with Crippen LogP contribution in [0.15, 0.2) is 24.3 Å². The molecule has 0 aromatic heterocycles. The summed E-state index contributed by atoms with van der Waals surface area (Å²) < 4.78 is 0. The van der Waals surface area contributed by atoms with E-state index < -0.39 is 12.4 Å². The van der Waals surface area contributed by atoms with Crippen molar-refractivity contribution in [2.75, 3.05) is 0 Å². The molecule has 5 heteroatoms. The average Bonchev–Trinajstić information content (AvgIpc) is 2.04. The van der Waals surface area contributed by atoms with E-state index in [1.54, 1.807) is 24.3 Å². The first kappa shape index (κ1) is 10.2. The summed E-state index contributed by atoms with van der Waals surface area (Å²) in [5.74, 6) is 0. The number of carbonyl (C=O) groups is 1. The molecule has 0 unspecified atom stereocenters. The van der Waals surface area contributed by atoms with Gasteiger partial charge in [0.15, 0.2) is 0 Å². The fourth-order valence-corrected chi connectivity index (χ4v) is 1.12. The van der Waals surface area contributed by atoms with E-state index in [9.17, 15) is 4.79 Å². The summed E-state index contributed by atoms with van der Waals surface area (Å²) in [5, 5.41) is 17.1. The molecular formula is C8H8BClO3. The normalized spacial score (nSPS) is 9.77. The van der Waals surface area contributed by atoms with E-state index in [4.69, 9.17) is 21.6 Å². The van der Waals surface area contributed by atoms with Crippen molar-refractivity contribution in [3.05, 3.63) is 29.8 Å². The van der Waals surface area contributed by atoms with Crippen molar-refractivity contribution in [1.29, 1.82) is 0 Å². The summed E-state index contributed by atoms with van der Waals surface area (Å²) in [6, 6.07) is 6.35. The minimum absolute atomic E-state index is 0.156. The Morgan fingerprint density at radius 2 is 1.85 bits per heavy atom. The highest BCUT2D eigenvalue weighted by Gasteiger charge is 2.09. The van der Waals surface area contributed by atoms with Gasteiger partial charge in [-0.25, -0.2) is 0 Å². The average molecular weight is 198 g/mol. The highest BCUT2D eigenvalue weighted by molar-refractivity contribution is 6.63. The van der Waals surface area contributed by atoms with Gasteiger partial charge in [-0.2, -0.15) is 0 Å². The van der Waals surface area contributed by atoms with Gasteiger partial charge in [-0.3, -0.25) is 4.79 Å². The van der Waals surface area contributed by atoms with Gasteiger partial charge in [-0.05, 0) is 22.6 Å². The quantitative estimate of drug-likeness (QED) is 0.517. The van der Waals surface area contributed by atoms with Crippen molar-refractivity contribution in [3.63, 3.8) is 0 Å². The Morgan fingerprint density at radius 3 is 2.23 bits per heavy atom. The Balaban J connectivity index is 2.75. The SMILES string of the molecule is O=C(Cl)Cc1ccc(B(O)O)cc1. The van der Waals surface area contributed by atoms with Crippen molar-refractivity contribution in [2.24, 2.45) is 0 Å². The molecule has 0 atom stereocenters. The third-order valence-corrected chi connectivity index (χ3v) is 1.75. The smallest absolute Gasteiger partial charge is 0.423 e. The molecule has 3 nitrogen and oxygen atoms in total. The number of hydrogen-bond acceptors (Lipinski definition) is 3. The molecule has 1 rings (SSSR count). The highest BCUT2D eigenvalue weighted by atomic mass is 35.5. The summed E-state index contributed by atoms with van der Waals surface area (Å²) in [4.78, 5) is 10.5. The topological polar surface area (TPSA) is 57.5 Å². The zero-order valence-electron chi connectivity index (χ0n) is 6.77. The second kappa shape index (κ2) is 4.41. The van der Waals surface area contributed by atoms with Crippen LogP contribution >= 0.6 is 11.6 Å². The van der Waals surface area contributed by atoms with Crippen LogP contribution in [0, 0.1) is 0 Å². The lowest BCUT2D eigenvalue weighted by atomic mass is 9.80. The second-order valence-corrected chi connectivity index (χ2v) is 3.07. The fourth-order valence-electron chi connectivity index (χ4n) is 0.968. The van der Waals surface area contributed by atoms with E-state index in [0.717, 1.165) is 5.56 Å². The minimum Gasteiger partial charge on any atom is -0.423 e. The Morgan fingerprint density at radius 1 is 1.31 bits per heavy atom. The maximum Gasteiger partial charge on any atom is 0.488 e. The van der Waals surface area contributed by atoms with Crippen LogP contribution in [-0.2, 0) is 11.2 Å². The second-order valence-electron chi connectivity index (χ2n) is 2.65. The van der Waals surface area contributed by atoms with Crippen LogP contribution in [0.3, 0.4) is 0 Å². The largest absolute Gasteiger partial charge is 0.488 e. The molecule has 0 spiro atoms. The molecule has 1 aromatic rings. The van der Waals surface area contributed by atoms with Crippen LogP contribution < -0.4 is 5.46 Å². The molecule has 0 saturated carbocycles. The standard InChI is InChI=1S/C8H8BClO3/c10-8(11)5-6-1-3-7(4-2-6)9(12)13/h1-4,12-13H,5H2. The summed E-state index contributed by atoms with van der Waals surface area (Å²) in [5.41, 5.74) is 1.15. The van der Waals surface area contributed by atoms with Crippen molar-refractivity contribution in [3.8, 4) is 0 Å². The predicted molar refractivity (Wildman–Crippen MR) is 50.8 cm³/mol.